The number of hydrogen-bond donors (Lipinski definition) is 1. The average molecular weight is 533 g/mol. The molecule has 2 saturated heterocycles. The molecule has 2 unspecified atom stereocenters. The summed E-state index contributed by atoms with van der Waals surface area (Å²) in [7, 11) is 4.94. The van der Waals surface area contributed by atoms with Crippen molar-refractivity contribution in [2.45, 2.75) is 76.4 Å². The van der Waals surface area contributed by atoms with Crippen LogP contribution in [0.4, 0.5) is 10.5 Å². The Morgan fingerprint density at radius 2 is 2.00 bits per heavy atom. The van der Waals surface area contributed by atoms with Crippen molar-refractivity contribution in [2.24, 2.45) is 5.92 Å². The molecular weight excluding hydrogens is 496 g/mol. The molecule has 202 valence electrons. The predicted molar refractivity (Wildman–Crippen MR) is 142 cm³/mol. The van der Waals surface area contributed by atoms with Crippen LogP contribution in [0.2, 0.25) is 5.02 Å². The summed E-state index contributed by atoms with van der Waals surface area (Å²) < 4.78 is 23.0. The number of carbonyl (C=O) groups is 2. The van der Waals surface area contributed by atoms with Gasteiger partial charge in [-0.25, -0.2) is 4.79 Å². The summed E-state index contributed by atoms with van der Waals surface area (Å²) in [5.74, 6) is 0.429. The first-order valence-corrected chi connectivity index (χ1v) is 13.1. The number of hydrogen-bond acceptors (Lipinski definition) is 6. The predicted octanol–water partition coefficient (Wildman–Crippen LogP) is 4.83. The lowest BCUT2D eigenvalue weighted by atomic mass is 9.86. The van der Waals surface area contributed by atoms with E-state index in [0.29, 0.717) is 42.1 Å². The molecule has 2 amide bonds. The summed E-state index contributed by atoms with van der Waals surface area (Å²) in [4.78, 5) is 27.2. The van der Waals surface area contributed by atoms with Crippen LogP contribution >= 0.6 is 11.6 Å². The van der Waals surface area contributed by atoms with E-state index >= 15 is 0 Å². The summed E-state index contributed by atoms with van der Waals surface area (Å²) in [5, 5.41) is 3.31. The lowest BCUT2D eigenvalue weighted by molar-refractivity contribution is -0.118. The monoisotopic (exact) mass is 532 g/mol. The van der Waals surface area contributed by atoms with Crippen molar-refractivity contribution in [1.29, 1.82) is 0 Å². The molecule has 0 aromatic heterocycles. The quantitative estimate of drug-likeness (QED) is 0.549. The number of carbonyl (C=O) groups excluding carboxylic acids is 2. The lowest BCUT2D eigenvalue weighted by Gasteiger charge is -2.35. The van der Waals surface area contributed by atoms with E-state index in [1.54, 1.807) is 26.2 Å². The van der Waals surface area contributed by atoms with Crippen molar-refractivity contribution >= 4 is 29.3 Å². The van der Waals surface area contributed by atoms with Crippen molar-refractivity contribution in [1.82, 2.24) is 5.32 Å². The number of ether oxygens (including phenoxy) is 4. The lowest BCUT2D eigenvalue weighted by Crippen LogP contribution is -2.53. The minimum atomic E-state index is -0.462. The molecule has 3 aliphatic heterocycles. The van der Waals surface area contributed by atoms with Crippen molar-refractivity contribution < 1.29 is 28.5 Å². The minimum absolute atomic E-state index is 0.0347. The number of nitrogens with one attached hydrogen (secondary N) is 1. The van der Waals surface area contributed by atoms with Gasteiger partial charge in [0.05, 0.1) is 36.6 Å². The standard InChI is InChI=1S/C28H37ClN2O6/c1-16-8-7-9-21(34-5)19-15-22(36-27(33)30-19)17(2)26-28(3,37-26)11-10-24(32)31(4)20-13-18(12-16)14-23(35-6)25(20)29/h7-9,13-14,17,19,21-22,26H,10-12,15H2,1-6H3,(H,30,33)/b9-7+,16-8+/t17-,19?,21-,22?,26+,28+/m1/s1. The average Bonchev–Trinajstić information content (AvgIpc) is 3.55. The van der Waals surface area contributed by atoms with Crippen molar-refractivity contribution in [3.8, 4) is 5.75 Å². The number of alkyl carbamates (subject to hydrolysis) is 1. The first-order valence-electron chi connectivity index (χ1n) is 12.7. The fraction of sp³-hybridized carbons (Fsp3) is 0.571. The van der Waals surface area contributed by atoms with Crippen LogP contribution in [0.3, 0.4) is 0 Å². The van der Waals surface area contributed by atoms with Gasteiger partial charge < -0.3 is 29.2 Å². The third-order valence-electron chi connectivity index (χ3n) is 7.76. The van der Waals surface area contributed by atoms with E-state index < -0.39 is 11.7 Å². The third kappa shape index (κ3) is 5.97. The van der Waals surface area contributed by atoms with E-state index in [9.17, 15) is 9.59 Å². The van der Waals surface area contributed by atoms with Crippen LogP contribution in [0.5, 0.6) is 5.75 Å². The molecule has 9 heteroatoms. The molecular formula is C28H37ClN2O6. The second-order valence-electron chi connectivity index (χ2n) is 10.5. The number of halogens is 1. The maximum Gasteiger partial charge on any atom is 0.407 e. The molecule has 0 radical (unpaired) electrons. The molecule has 1 N–H and O–H groups in total. The highest BCUT2D eigenvalue weighted by Crippen LogP contribution is 2.47. The number of anilines is 1. The fourth-order valence-electron chi connectivity index (χ4n) is 5.41. The second-order valence-corrected chi connectivity index (χ2v) is 10.9. The van der Waals surface area contributed by atoms with Crippen LogP contribution in [0.15, 0.2) is 35.9 Å². The van der Waals surface area contributed by atoms with Crippen molar-refractivity contribution in [3.05, 3.63) is 46.5 Å². The van der Waals surface area contributed by atoms with Crippen LogP contribution in [-0.2, 0) is 25.4 Å². The van der Waals surface area contributed by atoms with Gasteiger partial charge in [-0.15, -0.1) is 0 Å². The Morgan fingerprint density at radius 1 is 1.24 bits per heavy atom. The zero-order valence-corrected chi connectivity index (χ0v) is 23.1. The number of nitrogens with zero attached hydrogens (tertiary/aromatic N) is 1. The molecule has 3 heterocycles. The normalized spacial score (nSPS) is 34.9. The summed E-state index contributed by atoms with van der Waals surface area (Å²) in [6.45, 7) is 6.08. The van der Waals surface area contributed by atoms with Gasteiger partial charge in [0.25, 0.3) is 0 Å². The van der Waals surface area contributed by atoms with E-state index in [-0.39, 0.29) is 36.2 Å². The van der Waals surface area contributed by atoms with Crippen LogP contribution in [0.25, 0.3) is 0 Å². The Kier molecular flexibility index (Phi) is 8.21. The van der Waals surface area contributed by atoms with Crippen molar-refractivity contribution in [2.75, 3.05) is 26.2 Å². The van der Waals surface area contributed by atoms with Gasteiger partial charge in [-0.1, -0.05) is 42.3 Å². The van der Waals surface area contributed by atoms with E-state index in [0.717, 1.165) is 11.1 Å². The molecule has 4 rings (SSSR count). The maximum absolute atomic E-state index is 13.2. The van der Waals surface area contributed by atoms with Gasteiger partial charge in [0.15, 0.2) is 0 Å². The summed E-state index contributed by atoms with van der Waals surface area (Å²) in [6, 6.07) is 3.61. The third-order valence-corrected chi connectivity index (χ3v) is 8.14. The van der Waals surface area contributed by atoms with E-state index in [1.807, 2.05) is 51.1 Å². The first-order chi connectivity index (χ1) is 17.6. The molecule has 6 atom stereocenters. The van der Waals surface area contributed by atoms with Crippen molar-refractivity contribution in [3.63, 3.8) is 0 Å². The topological polar surface area (TPSA) is 89.6 Å². The highest BCUT2D eigenvalue weighted by Gasteiger charge is 2.57. The molecule has 0 spiro atoms. The Labute approximate surface area is 223 Å². The maximum atomic E-state index is 13.2. The smallest absolute Gasteiger partial charge is 0.407 e. The molecule has 4 bridgehead atoms. The molecule has 0 aliphatic carbocycles. The number of allylic oxidation sites excluding steroid dienone is 3. The first kappa shape index (κ1) is 27.5. The Hall–Kier alpha value is -2.55. The number of fused-ring (bicyclic) bond motifs is 5. The number of amides is 2. The van der Waals surface area contributed by atoms with Gasteiger partial charge in [-0.3, -0.25) is 4.79 Å². The molecule has 3 aliphatic rings. The Balaban J connectivity index is 1.68. The number of methoxy groups -OCH3 is 2. The van der Waals surface area contributed by atoms with Gasteiger partial charge in [-0.2, -0.15) is 0 Å². The molecule has 0 saturated carbocycles. The summed E-state index contributed by atoms with van der Waals surface area (Å²) in [5.41, 5.74) is 2.22. The van der Waals surface area contributed by atoms with Gasteiger partial charge in [0.1, 0.15) is 16.9 Å². The van der Waals surface area contributed by atoms with E-state index in [2.05, 4.69) is 5.32 Å². The molecule has 1 aromatic carbocycles. The second kappa shape index (κ2) is 11.1. The highest BCUT2D eigenvalue weighted by atomic mass is 35.5. The number of benzene rings is 1. The van der Waals surface area contributed by atoms with Crippen LogP contribution in [-0.4, -0.2) is 63.2 Å². The largest absolute Gasteiger partial charge is 0.495 e. The van der Waals surface area contributed by atoms with Gasteiger partial charge in [0, 0.05) is 32.9 Å². The zero-order chi connectivity index (χ0) is 26.9. The van der Waals surface area contributed by atoms with Crippen LogP contribution < -0.4 is 15.0 Å². The number of epoxide rings is 1. The Morgan fingerprint density at radius 3 is 2.70 bits per heavy atom. The highest BCUT2D eigenvalue weighted by molar-refractivity contribution is 6.35. The fourth-order valence-corrected chi connectivity index (χ4v) is 5.72. The summed E-state index contributed by atoms with van der Waals surface area (Å²) in [6.07, 6.45) is 6.80. The van der Waals surface area contributed by atoms with E-state index in [1.165, 1.54) is 0 Å². The van der Waals surface area contributed by atoms with E-state index in [4.69, 9.17) is 30.5 Å². The SMILES string of the molecule is COc1cc2cc(c1Cl)N(C)C(=O)CC[C@]1(C)O[C@H]1[C@H](C)C1CC(NC(=O)O1)[C@H](OC)/C=C/C=C(\C)C2. The zero-order valence-electron chi connectivity index (χ0n) is 22.4. The number of rotatable bonds is 2. The molecule has 37 heavy (non-hydrogen) atoms. The minimum Gasteiger partial charge on any atom is -0.495 e. The van der Waals surface area contributed by atoms with Gasteiger partial charge in [0.2, 0.25) is 5.91 Å². The van der Waals surface area contributed by atoms with Crippen LogP contribution in [0.1, 0.15) is 45.6 Å². The molecule has 8 nitrogen and oxygen atoms in total. The van der Waals surface area contributed by atoms with Gasteiger partial charge >= 0.3 is 6.09 Å². The molecule has 1 aromatic rings. The Bertz CT molecular complexity index is 1100. The summed E-state index contributed by atoms with van der Waals surface area (Å²) >= 11 is 6.62. The van der Waals surface area contributed by atoms with Crippen LogP contribution in [0, 0.1) is 5.92 Å². The van der Waals surface area contributed by atoms with Gasteiger partial charge in [-0.05, 0) is 44.4 Å². The molecule has 2 fully saturated rings.